The van der Waals surface area contributed by atoms with E-state index in [1.165, 1.54) is 4.90 Å². The Hall–Kier alpha value is -1.06. The fourth-order valence-electron chi connectivity index (χ4n) is 1.78. The van der Waals surface area contributed by atoms with E-state index in [0.717, 1.165) is 25.7 Å². The van der Waals surface area contributed by atoms with Crippen molar-refractivity contribution < 1.29 is 14.7 Å². The average molecular weight is 243 g/mol. The molecule has 0 aromatic carbocycles. The number of hydrogen-bond donors (Lipinski definition) is 1. The molecule has 0 aliphatic carbocycles. The first-order chi connectivity index (χ1) is 7.78. The molecule has 0 radical (unpaired) electrons. The summed E-state index contributed by atoms with van der Waals surface area (Å²) in [6.07, 6.45) is 3.54. The predicted molar refractivity (Wildman–Crippen MR) is 67.8 cm³/mol. The second-order valence-corrected chi connectivity index (χ2v) is 5.04. The highest BCUT2D eigenvalue weighted by Crippen LogP contribution is 2.21. The fraction of sp³-hybridized carbons (Fsp3) is 0.846. The SMILES string of the molecule is CCCC(CCC)C(=O)N(C)C(C)(C)C(=O)O. The first-order valence-corrected chi connectivity index (χ1v) is 6.30. The number of carbonyl (C=O) groups is 2. The molecule has 0 unspecified atom stereocenters. The van der Waals surface area contributed by atoms with Crippen molar-refractivity contribution in [1.82, 2.24) is 4.90 Å². The highest BCUT2D eigenvalue weighted by molar-refractivity contribution is 5.87. The number of hydrogen-bond acceptors (Lipinski definition) is 2. The van der Waals surface area contributed by atoms with Gasteiger partial charge in [0.15, 0.2) is 0 Å². The van der Waals surface area contributed by atoms with Crippen LogP contribution in [0.25, 0.3) is 0 Å². The van der Waals surface area contributed by atoms with E-state index >= 15 is 0 Å². The number of likely N-dealkylation sites (N-methyl/N-ethyl adjacent to an activating group) is 1. The van der Waals surface area contributed by atoms with Crippen LogP contribution in [0.4, 0.5) is 0 Å². The number of carboxylic acid groups (broad SMARTS) is 1. The zero-order valence-corrected chi connectivity index (χ0v) is 11.6. The molecular formula is C13H25NO3. The summed E-state index contributed by atoms with van der Waals surface area (Å²) in [5.41, 5.74) is -1.14. The van der Waals surface area contributed by atoms with Crippen LogP contribution >= 0.6 is 0 Å². The van der Waals surface area contributed by atoms with Crippen molar-refractivity contribution in [1.29, 1.82) is 0 Å². The van der Waals surface area contributed by atoms with Gasteiger partial charge in [0, 0.05) is 13.0 Å². The van der Waals surface area contributed by atoms with Gasteiger partial charge in [-0.05, 0) is 26.7 Å². The minimum absolute atomic E-state index is 0.0476. The summed E-state index contributed by atoms with van der Waals surface area (Å²) in [6.45, 7) is 7.20. The summed E-state index contributed by atoms with van der Waals surface area (Å²) in [6, 6.07) is 0. The monoisotopic (exact) mass is 243 g/mol. The molecule has 0 saturated carbocycles. The quantitative estimate of drug-likeness (QED) is 0.747. The normalized spacial score (nSPS) is 11.6. The van der Waals surface area contributed by atoms with Gasteiger partial charge in [0.2, 0.25) is 5.91 Å². The Morgan fingerprint density at radius 1 is 1.18 bits per heavy atom. The van der Waals surface area contributed by atoms with Crippen LogP contribution in [0.5, 0.6) is 0 Å². The van der Waals surface area contributed by atoms with Gasteiger partial charge in [0.05, 0.1) is 0 Å². The Kier molecular flexibility index (Phi) is 6.21. The molecule has 0 fully saturated rings. The number of nitrogens with zero attached hydrogens (tertiary/aromatic N) is 1. The van der Waals surface area contributed by atoms with E-state index in [1.54, 1.807) is 20.9 Å². The molecule has 0 spiro atoms. The number of carboxylic acids is 1. The smallest absolute Gasteiger partial charge is 0.329 e. The van der Waals surface area contributed by atoms with Gasteiger partial charge in [-0.25, -0.2) is 4.79 Å². The number of amides is 1. The first-order valence-electron chi connectivity index (χ1n) is 6.30. The van der Waals surface area contributed by atoms with Crippen molar-refractivity contribution in [2.45, 2.75) is 58.9 Å². The van der Waals surface area contributed by atoms with Gasteiger partial charge in [-0.2, -0.15) is 0 Å². The van der Waals surface area contributed by atoms with Crippen molar-refractivity contribution in [3.05, 3.63) is 0 Å². The van der Waals surface area contributed by atoms with E-state index in [4.69, 9.17) is 5.11 Å². The van der Waals surface area contributed by atoms with Gasteiger partial charge >= 0.3 is 5.97 Å². The lowest BCUT2D eigenvalue weighted by Crippen LogP contribution is -2.52. The van der Waals surface area contributed by atoms with E-state index in [0.29, 0.717) is 0 Å². The maximum atomic E-state index is 12.2. The standard InChI is InChI=1S/C13H25NO3/c1-6-8-10(9-7-2)11(15)14(5)13(3,4)12(16)17/h10H,6-9H2,1-5H3,(H,16,17). The van der Waals surface area contributed by atoms with Crippen molar-refractivity contribution in [2.75, 3.05) is 7.05 Å². The Bertz CT molecular complexity index is 268. The van der Waals surface area contributed by atoms with Gasteiger partial charge < -0.3 is 10.0 Å². The molecular weight excluding hydrogens is 218 g/mol. The molecule has 0 aliphatic heterocycles. The molecule has 0 bridgehead atoms. The maximum absolute atomic E-state index is 12.2. The second-order valence-electron chi connectivity index (χ2n) is 5.04. The molecule has 0 aromatic heterocycles. The summed E-state index contributed by atoms with van der Waals surface area (Å²) in [4.78, 5) is 24.7. The van der Waals surface area contributed by atoms with Gasteiger partial charge in [0.25, 0.3) is 0 Å². The number of carbonyl (C=O) groups excluding carboxylic acids is 1. The molecule has 1 amide bonds. The van der Waals surface area contributed by atoms with Crippen molar-refractivity contribution >= 4 is 11.9 Å². The zero-order chi connectivity index (χ0) is 13.6. The second kappa shape index (κ2) is 6.62. The molecule has 100 valence electrons. The lowest BCUT2D eigenvalue weighted by molar-refractivity contribution is -0.157. The summed E-state index contributed by atoms with van der Waals surface area (Å²) in [5, 5.41) is 9.11. The van der Waals surface area contributed by atoms with Crippen LogP contribution in [0.3, 0.4) is 0 Å². The van der Waals surface area contributed by atoms with E-state index in [2.05, 4.69) is 0 Å². The maximum Gasteiger partial charge on any atom is 0.329 e. The van der Waals surface area contributed by atoms with Crippen LogP contribution in [-0.2, 0) is 9.59 Å². The van der Waals surface area contributed by atoms with Crippen LogP contribution < -0.4 is 0 Å². The fourth-order valence-corrected chi connectivity index (χ4v) is 1.78. The molecule has 17 heavy (non-hydrogen) atoms. The predicted octanol–water partition coefficient (Wildman–Crippen LogP) is 2.52. The first kappa shape index (κ1) is 15.9. The molecule has 0 rings (SSSR count). The van der Waals surface area contributed by atoms with Gasteiger partial charge in [-0.15, -0.1) is 0 Å². The highest BCUT2D eigenvalue weighted by Gasteiger charge is 2.37. The van der Waals surface area contributed by atoms with Crippen LogP contribution in [0, 0.1) is 5.92 Å². The lowest BCUT2D eigenvalue weighted by Gasteiger charge is -2.34. The summed E-state index contributed by atoms with van der Waals surface area (Å²) in [7, 11) is 1.58. The van der Waals surface area contributed by atoms with Crippen LogP contribution in [0.15, 0.2) is 0 Å². The zero-order valence-electron chi connectivity index (χ0n) is 11.6. The molecule has 4 nitrogen and oxygen atoms in total. The minimum atomic E-state index is -1.14. The molecule has 0 heterocycles. The Balaban J connectivity index is 4.81. The minimum Gasteiger partial charge on any atom is -0.480 e. The Labute approximate surface area is 104 Å². The number of aliphatic carboxylic acids is 1. The highest BCUT2D eigenvalue weighted by atomic mass is 16.4. The van der Waals surface area contributed by atoms with Crippen molar-refractivity contribution in [3.63, 3.8) is 0 Å². The summed E-state index contributed by atoms with van der Waals surface area (Å²) in [5.74, 6) is -1.07. The topological polar surface area (TPSA) is 57.6 Å². The van der Waals surface area contributed by atoms with Crippen LogP contribution in [0.1, 0.15) is 53.4 Å². The molecule has 4 heteroatoms. The summed E-state index contributed by atoms with van der Waals surface area (Å²) < 4.78 is 0. The van der Waals surface area contributed by atoms with E-state index in [1.807, 2.05) is 13.8 Å². The molecule has 0 aromatic rings. The van der Waals surface area contributed by atoms with Gasteiger partial charge in [0.1, 0.15) is 5.54 Å². The van der Waals surface area contributed by atoms with E-state index in [-0.39, 0.29) is 11.8 Å². The van der Waals surface area contributed by atoms with Crippen molar-refractivity contribution in [2.24, 2.45) is 5.92 Å². The van der Waals surface area contributed by atoms with Gasteiger partial charge in [-0.3, -0.25) is 4.79 Å². The summed E-state index contributed by atoms with van der Waals surface area (Å²) >= 11 is 0. The number of rotatable bonds is 7. The van der Waals surface area contributed by atoms with Crippen LogP contribution in [0.2, 0.25) is 0 Å². The Morgan fingerprint density at radius 3 is 1.88 bits per heavy atom. The van der Waals surface area contributed by atoms with Gasteiger partial charge in [-0.1, -0.05) is 26.7 Å². The average Bonchev–Trinajstić information content (AvgIpc) is 2.26. The molecule has 0 atom stereocenters. The lowest BCUT2D eigenvalue weighted by atomic mass is 9.94. The van der Waals surface area contributed by atoms with E-state index in [9.17, 15) is 9.59 Å². The third-order valence-electron chi connectivity index (χ3n) is 3.32. The van der Waals surface area contributed by atoms with Crippen molar-refractivity contribution in [3.8, 4) is 0 Å². The third kappa shape index (κ3) is 4.02. The molecule has 0 saturated heterocycles. The Morgan fingerprint density at radius 2 is 1.59 bits per heavy atom. The van der Waals surface area contributed by atoms with Crippen LogP contribution in [-0.4, -0.2) is 34.5 Å². The molecule has 0 aliphatic rings. The largest absolute Gasteiger partial charge is 0.480 e. The molecule has 1 N–H and O–H groups in total. The van der Waals surface area contributed by atoms with E-state index < -0.39 is 11.5 Å². The third-order valence-corrected chi connectivity index (χ3v) is 3.32.